The van der Waals surface area contributed by atoms with Crippen molar-refractivity contribution < 1.29 is 9.90 Å². The van der Waals surface area contributed by atoms with E-state index in [-0.39, 0.29) is 0 Å². The third-order valence-corrected chi connectivity index (χ3v) is 5.19. The first-order valence-electron chi connectivity index (χ1n) is 7.72. The van der Waals surface area contributed by atoms with Gasteiger partial charge in [-0.15, -0.1) is 0 Å². The fraction of sp³-hybridized carbons (Fsp3) is 0.588. The van der Waals surface area contributed by atoms with Crippen LogP contribution in [0.2, 0.25) is 0 Å². The van der Waals surface area contributed by atoms with Crippen LogP contribution in [-0.2, 0) is 6.54 Å². The first-order valence-corrected chi connectivity index (χ1v) is 7.72. The number of hydrogen-bond acceptors (Lipinski definition) is 2. The van der Waals surface area contributed by atoms with E-state index in [9.17, 15) is 4.79 Å². The van der Waals surface area contributed by atoms with E-state index in [1.54, 1.807) is 12.1 Å². The van der Waals surface area contributed by atoms with Crippen LogP contribution in [0.3, 0.4) is 0 Å². The Kier molecular flexibility index (Phi) is 3.79. The second kappa shape index (κ2) is 5.57. The normalized spacial score (nSPS) is 22.2. The highest BCUT2D eigenvalue weighted by molar-refractivity contribution is 5.87. The smallest absolute Gasteiger partial charge is 0.335 e. The van der Waals surface area contributed by atoms with Crippen LogP contribution in [0, 0.1) is 5.41 Å². The summed E-state index contributed by atoms with van der Waals surface area (Å²) in [5, 5.41) is 8.90. The molecule has 1 heterocycles. The minimum atomic E-state index is -0.849. The zero-order chi connectivity index (χ0) is 14.0. The van der Waals surface area contributed by atoms with Crippen LogP contribution >= 0.6 is 0 Å². The molecule has 1 aliphatic heterocycles. The van der Waals surface area contributed by atoms with Crippen LogP contribution in [0.15, 0.2) is 24.3 Å². The molecule has 0 atom stereocenters. The maximum absolute atomic E-state index is 10.8. The van der Waals surface area contributed by atoms with E-state index >= 15 is 0 Å². The molecule has 0 bridgehead atoms. The van der Waals surface area contributed by atoms with Gasteiger partial charge in [0.2, 0.25) is 0 Å². The average Bonchev–Trinajstić information content (AvgIpc) is 2.91. The Labute approximate surface area is 120 Å². The Morgan fingerprint density at radius 1 is 1.05 bits per heavy atom. The van der Waals surface area contributed by atoms with E-state index in [0.29, 0.717) is 11.0 Å². The van der Waals surface area contributed by atoms with Gasteiger partial charge >= 0.3 is 5.97 Å². The fourth-order valence-electron chi connectivity index (χ4n) is 3.82. The number of nitrogens with zero attached hydrogens (tertiary/aromatic N) is 1. The molecule has 0 aromatic heterocycles. The highest BCUT2D eigenvalue weighted by Crippen LogP contribution is 2.46. The summed E-state index contributed by atoms with van der Waals surface area (Å²) in [7, 11) is 0. The summed E-state index contributed by atoms with van der Waals surface area (Å²) in [6, 6.07) is 7.31. The van der Waals surface area contributed by atoms with Gasteiger partial charge < -0.3 is 5.11 Å². The van der Waals surface area contributed by atoms with Gasteiger partial charge in [0.05, 0.1) is 5.56 Å². The first kappa shape index (κ1) is 13.6. The quantitative estimate of drug-likeness (QED) is 0.915. The molecule has 1 aromatic carbocycles. The van der Waals surface area contributed by atoms with Gasteiger partial charge in [0.15, 0.2) is 0 Å². The van der Waals surface area contributed by atoms with Gasteiger partial charge in [0, 0.05) is 6.54 Å². The van der Waals surface area contributed by atoms with Crippen molar-refractivity contribution >= 4 is 5.97 Å². The maximum atomic E-state index is 10.8. The molecule has 1 N–H and O–H groups in total. The molecule has 20 heavy (non-hydrogen) atoms. The zero-order valence-corrected chi connectivity index (χ0v) is 12.0. The molecule has 1 aromatic rings. The minimum Gasteiger partial charge on any atom is -0.478 e. The van der Waals surface area contributed by atoms with Gasteiger partial charge in [0.1, 0.15) is 0 Å². The third-order valence-electron chi connectivity index (χ3n) is 5.19. The molecule has 1 saturated carbocycles. The predicted octanol–water partition coefficient (Wildman–Crippen LogP) is 3.54. The third kappa shape index (κ3) is 2.88. The number of likely N-dealkylation sites (tertiary alicyclic amines) is 1. The summed E-state index contributed by atoms with van der Waals surface area (Å²) >= 11 is 0. The second-order valence-electron chi connectivity index (χ2n) is 6.49. The summed E-state index contributed by atoms with van der Waals surface area (Å²) < 4.78 is 0. The Morgan fingerprint density at radius 2 is 1.65 bits per heavy atom. The van der Waals surface area contributed by atoms with Crippen molar-refractivity contribution in [3.8, 4) is 0 Å². The van der Waals surface area contributed by atoms with E-state index in [4.69, 9.17) is 5.11 Å². The van der Waals surface area contributed by atoms with E-state index in [1.165, 1.54) is 57.2 Å². The van der Waals surface area contributed by atoms with E-state index < -0.39 is 5.97 Å². The number of piperidine rings is 1. The summed E-state index contributed by atoms with van der Waals surface area (Å²) in [6.45, 7) is 3.34. The number of benzene rings is 1. The summed E-state index contributed by atoms with van der Waals surface area (Å²) in [5.74, 6) is -0.849. The van der Waals surface area contributed by atoms with E-state index in [0.717, 1.165) is 6.54 Å². The van der Waals surface area contributed by atoms with Crippen LogP contribution in [0.25, 0.3) is 0 Å². The van der Waals surface area contributed by atoms with Gasteiger partial charge in [-0.3, -0.25) is 4.90 Å². The lowest BCUT2D eigenvalue weighted by atomic mass is 9.77. The molecule has 0 amide bonds. The largest absolute Gasteiger partial charge is 0.478 e. The second-order valence-corrected chi connectivity index (χ2v) is 6.49. The number of carboxylic acids is 1. The molecule has 2 aliphatic rings. The lowest BCUT2D eigenvalue weighted by molar-refractivity contribution is 0.0696. The maximum Gasteiger partial charge on any atom is 0.335 e. The zero-order valence-electron chi connectivity index (χ0n) is 12.0. The molecule has 0 radical (unpaired) electrons. The number of hydrogen-bond donors (Lipinski definition) is 1. The van der Waals surface area contributed by atoms with Crippen LogP contribution in [0.1, 0.15) is 54.4 Å². The van der Waals surface area contributed by atoms with Crippen molar-refractivity contribution in [1.29, 1.82) is 0 Å². The van der Waals surface area contributed by atoms with Gasteiger partial charge in [-0.25, -0.2) is 4.79 Å². The molecular weight excluding hydrogens is 250 g/mol. The molecule has 1 saturated heterocycles. The standard InChI is InChI=1S/C17H23NO2/c19-16(20)15-5-3-14(4-6-15)13-18-11-9-17(10-12-18)7-1-2-8-17/h3-6H,1-2,7-13H2,(H,19,20). The number of carbonyl (C=O) groups is 1. The predicted molar refractivity (Wildman–Crippen MR) is 78.8 cm³/mol. The SMILES string of the molecule is O=C(O)c1ccc(CN2CCC3(CCCC3)CC2)cc1. The molecule has 0 unspecified atom stereocenters. The Bertz CT molecular complexity index is 464. The van der Waals surface area contributed by atoms with Gasteiger partial charge in [-0.05, 0) is 61.9 Å². The van der Waals surface area contributed by atoms with Crippen LogP contribution in [-0.4, -0.2) is 29.1 Å². The summed E-state index contributed by atoms with van der Waals surface area (Å²) in [6.07, 6.45) is 8.43. The summed E-state index contributed by atoms with van der Waals surface area (Å²) in [4.78, 5) is 13.3. The van der Waals surface area contributed by atoms with Crippen molar-refractivity contribution in [2.45, 2.75) is 45.1 Å². The topological polar surface area (TPSA) is 40.5 Å². The molecular formula is C17H23NO2. The lowest BCUT2D eigenvalue weighted by Crippen LogP contribution is -2.38. The van der Waals surface area contributed by atoms with Gasteiger partial charge in [0.25, 0.3) is 0 Å². The van der Waals surface area contributed by atoms with Crippen LogP contribution < -0.4 is 0 Å². The molecule has 3 heteroatoms. The van der Waals surface area contributed by atoms with Crippen LogP contribution in [0.4, 0.5) is 0 Å². The highest BCUT2D eigenvalue weighted by Gasteiger charge is 2.36. The Hall–Kier alpha value is -1.35. The molecule has 1 spiro atoms. The monoisotopic (exact) mass is 273 g/mol. The van der Waals surface area contributed by atoms with Crippen molar-refractivity contribution in [2.75, 3.05) is 13.1 Å². The number of aromatic carboxylic acids is 1. The average molecular weight is 273 g/mol. The van der Waals surface area contributed by atoms with Crippen LogP contribution in [0.5, 0.6) is 0 Å². The van der Waals surface area contributed by atoms with Crippen molar-refractivity contribution in [2.24, 2.45) is 5.41 Å². The number of rotatable bonds is 3. The van der Waals surface area contributed by atoms with Crippen molar-refractivity contribution in [3.05, 3.63) is 35.4 Å². The van der Waals surface area contributed by atoms with E-state index in [2.05, 4.69) is 4.90 Å². The Morgan fingerprint density at radius 3 is 2.20 bits per heavy atom. The molecule has 3 rings (SSSR count). The molecule has 1 aliphatic carbocycles. The fourth-order valence-corrected chi connectivity index (χ4v) is 3.82. The molecule has 108 valence electrons. The highest BCUT2D eigenvalue weighted by atomic mass is 16.4. The Balaban J connectivity index is 1.55. The van der Waals surface area contributed by atoms with Gasteiger partial charge in [-0.2, -0.15) is 0 Å². The summed E-state index contributed by atoms with van der Waals surface area (Å²) in [5.41, 5.74) is 2.26. The first-order chi connectivity index (χ1) is 9.67. The molecule has 3 nitrogen and oxygen atoms in total. The number of carboxylic acid groups (broad SMARTS) is 1. The van der Waals surface area contributed by atoms with Crippen molar-refractivity contribution in [1.82, 2.24) is 4.90 Å². The van der Waals surface area contributed by atoms with Gasteiger partial charge in [-0.1, -0.05) is 25.0 Å². The molecule has 2 fully saturated rings. The lowest BCUT2D eigenvalue weighted by Gasteiger charge is -2.39. The minimum absolute atomic E-state index is 0.373. The van der Waals surface area contributed by atoms with Crippen molar-refractivity contribution in [3.63, 3.8) is 0 Å². The van der Waals surface area contributed by atoms with E-state index in [1.807, 2.05) is 12.1 Å².